The van der Waals surface area contributed by atoms with Gasteiger partial charge in [-0.15, -0.1) is 0 Å². The van der Waals surface area contributed by atoms with Crippen LogP contribution in [0.15, 0.2) is 24.3 Å². The first-order valence-corrected chi connectivity index (χ1v) is 6.25. The monoisotopic (exact) mass is 233 g/mol. The van der Waals surface area contributed by atoms with Crippen LogP contribution in [0.2, 0.25) is 0 Å². The third kappa shape index (κ3) is 1.95. The number of anilines is 1. The molecular weight excluding hydrogens is 214 g/mol. The lowest BCUT2D eigenvalue weighted by Crippen LogP contribution is -2.36. The van der Waals surface area contributed by atoms with Crippen LogP contribution in [0, 0.1) is 5.92 Å². The van der Waals surface area contributed by atoms with E-state index in [1.54, 1.807) is 0 Å². The van der Waals surface area contributed by atoms with Gasteiger partial charge in [-0.05, 0) is 18.4 Å². The molecule has 1 heterocycles. The van der Waals surface area contributed by atoms with Crippen LogP contribution in [0.25, 0.3) is 0 Å². The zero-order valence-corrected chi connectivity index (χ0v) is 10.4. The smallest absolute Gasteiger partial charge is 0.261 e. The highest BCUT2D eigenvalue weighted by Gasteiger charge is 2.45. The van der Waals surface area contributed by atoms with Crippen molar-refractivity contribution in [3.05, 3.63) is 29.8 Å². The van der Waals surface area contributed by atoms with Crippen LogP contribution in [-0.4, -0.2) is 11.0 Å². The second-order valence-electron chi connectivity index (χ2n) is 4.75. The lowest BCUT2D eigenvalue weighted by Gasteiger charge is -2.25. The number of fused-ring (bicyclic) bond motifs is 1. The Balaban J connectivity index is 2.33. The van der Waals surface area contributed by atoms with E-state index in [0.717, 1.165) is 24.1 Å². The first-order chi connectivity index (χ1) is 8.11. The minimum absolute atomic E-state index is 0.286. The van der Waals surface area contributed by atoms with Gasteiger partial charge >= 0.3 is 0 Å². The largest absolute Gasteiger partial charge is 0.375 e. The van der Waals surface area contributed by atoms with Gasteiger partial charge in [-0.3, -0.25) is 4.79 Å². The molecule has 0 fully saturated rings. The minimum atomic E-state index is -1.34. The van der Waals surface area contributed by atoms with Crippen LogP contribution in [0.3, 0.4) is 0 Å². The van der Waals surface area contributed by atoms with Crippen molar-refractivity contribution >= 4 is 11.6 Å². The predicted octanol–water partition coefficient (Wildman–Crippen LogP) is 2.65. The van der Waals surface area contributed by atoms with E-state index in [0.29, 0.717) is 12.3 Å². The van der Waals surface area contributed by atoms with Crippen LogP contribution in [0.4, 0.5) is 5.69 Å². The number of carbonyl (C=O) groups is 1. The van der Waals surface area contributed by atoms with Gasteiger partial charge in [0.25, 0.3) is 5.91 Å². The number of para-hydroxylation sites is 1. The van der Waals surface area contributed by atoms with Gasteiger partial charge in [0, 0.05) is 11.3 Å². The Morgan fingerprint density at radius 2 is 1.94 bits per heavy atom. The van der Waals surface area contributed by atoms with Gasteiger partial charge in [-0.1, -0.05) is 44.9 Å². The van der Waals surface area contributed by atoms with Gasteiger partial charge in [0.2, 0.25) is 0 Å². The van der Waals surface area contributed by atoms with E-state index in [2.05, 4.69) is 19.2 Å². The average Bonchev–Trinajstić information content (AvgIpc) is 2.59. The number of benzene rings is 1. The summed E-state index contributed by atoms with van der Waals surface area (Å²) < 4.78 is 0. The first-order valence-electron chi connectivity index (χ1n) is 6.25. The minimum Gasteiger partial charge on any atom is -0.375 e. The van der Waals surface area contributed by atoms with Gasteiger partial charge in [0.15, 0.2) is 5.60 Å². The Morgan fingerprint density at radius 3 is 2.59 bits per heavy atom. The fourth-order valence-electron chi connectivity index (χ4n) is 2.50. The molecule has 0 bridgehead atoms. The Bertz CT molecular complexity index is 426. The van der Waals surface area contributed by atoms with Gasteiger partial charge in [-0.2, -0.15) is 0 Å². The van der Waals surface area contributed by atoms with Crippen LogP contribution in [0.1, 0.15) is 38.7 Å². The van der Waals surface area contributed by atoms with E-state index in [-0.39, 0.29) is 5.91 Å². The van der Waals surface area contributed by atoms with Crippen molar-refractivity contribution < 1.29 is 9.90 Å². The molecule has 1 aromatic rings. The molecule has 0 saturated heterocycles. The van der Waals surface area contributed by atoms with Crippen molar-refractivity contribution in [3.63, 3.8) is 0 Å². The summed E-state index contributed by atoms with van der Waals surface area (Å²) in [6.07, 6.45) is 2.46. The van der Waals surface area contributed by atoms with Crippen molar-refractivity contribution in [1.82, 2.24) is 0 Å². The van der Waals surface area contributed by atoms with E-state index < -0.39 is 5.60 Å². The second-order valence-corrected chi connectivity index (χ2v) is 4.75. The molecule has 1 atom stereocenters. The molecule has 0 aliphatic carbocycles. The molecule has 0 saturated carbocycles. The summed E-state index contributed by atoms with van der Waals surface area (Å²) in [5, 5.41) is 13.4. The molecule has 0 radical (unpaired) electrons. The van der Waals surface area contributed by atoms with Gasteiger partial charge in [0.05, 0.1) is 0 Å². The van der Waals surface area contributed by atoms with Crippen molar-refractivity contribution in [1.29, 1.82) is 0 Å². The summed E-state index contributed by atoms with van der Waals surface area (Å²) >= 11 is 0. The topological polar surface area (TPSA) is 49.3 Å². The van der Waals surface area contributed by atoms with Crippen LogP contribution in [0.5, 0.6) is 0 Å². The summed E-state index contributed by atoms with van der Waals surface area (Å²) in [7, 11) is 0. The zero-order chi connectivity index (χ0) is 12.5. The van der Waals surface area contributed by atoms with Gasteiger partial charge in [-0.25, -0.2) is 0 Å². The number of rotatable bonds is 4. The zero-order valence-electron chi connectivity index (χ0n) is 10.4. The fraction of sp³-hybridized carbons (Fsp3) is 0.500. The highest BCUT2D eigenvalue weighted by Crippen LogP contribution is 2.40. The lowest BCUT2D eigenvalue weighted by atomic mass is 9.83. The third-order valence-electron chi connectivity index (χ3n) is 3.74. The summed E-state index contributed by atoms with van der Waals surface area (Å²) in [6.45, 7) is 4.19. The molecule has 1 unspecified atom stereocenters. The maximum absolute atomic E-state index is 12.0. The maximum atomic E-state index is 12.0. The SMILES string of the molecule is CCC(CC)CC1(O)C(=O)Nc2ccccc21. The maximum Gasteiger partial charge on any atom is 0.261 e. The molecular formula is C14H19NO2. The Hall–Kier alpha value is -1.35. The number of carbonyl (C=O) groups excluding carboxylic acids is 1. The predicted molar refractivity (Wildman–Crippen MR) is 67.7 cm³/mol. The first kappa shape index (κ1) is 12.1. The lowest BCUT2D eigenvalue weighted by molar-refractivity contribution is -0.135. The fourth-order valence-corrected chi connectivity index (χ4v) is 2.50. The molecule has 2 rings (SSSR count). The highest BCUT2D eigenvalue weighted by atomic mass is 16.3. The summed E-state index contributed by atoms with van der Waals surface area (Å²) in [5.41, 5.74) is 0.121. The van der Waals surface area contributed by atoms with E-state index >= 15 is 0 Å². The van der Waals surface area contributed by atoms with E-state index in [1.165, 1.54) is 0 Å². The van der Waals surface area contributed by atoms with Crippen molar-refractivity contribution in [3.8, 4) is 0 Å². The average molecular weight is 233 g/mol. The number of amides is 1. The van der Waals surface area contributed by atoms with E-state index in [9.17, 15) is 9.90 Å². The van der Waals surface area contributed by atoms with Crippen molar-refractivity contribution in [2.75, 3.05) is 5.32 Å². The summed E-state index contributed by atoms with van der Waals surface area (Å²) in [6, 6.07) is 7.38. The molecule has 92 valence electrons. The Kier molecular flexibility index (Phi) is 3.20. The molecule has 3 nitrogen and oxygen atoms in total. The molecule has 0 spiro atoms. The van der Waals surface area contributed by atoms with Gasteiger partial charge in [0.1, 0.15) is 0 Å². The molecule has 3 heteroatoms. The highest BCUT2D eigenvalue weighted by molar-refractivity contribution is 6.04. The molecule has 1 aromatic carbocycles. The van der Waals surface area contributed by atoms with Crippen LogP contribution >= 0.6 is 0 Å². The molecule has 1 amide bonds. The number of nitrogens with one attached hydrogen (secondary N) is 1. The van der Waals surface area contributed by atoms with Crippen molar-refractivity contribution in [2.45, 2.75) is 38.7 Å². The third-order valence-corrected chi connectivity index (χ3v) is 3.74. The normalized spacial score (nSPS) is 22.7. The number of hydrogen-bond acceptors (Lipinski definition) is 2. The van der Waals surface area contributed by atoms with Crippen LogP contribution in [-0.2, 0) is 10.4 Å². The van der Waals surface area contributed by atoms with E-state index in [4.69, 9.17) is 0 Å². The summed E-state index contributed by atoms with van der Waals surface area (Å²) in [4.78, 5) is 12.0. The van der Waals surface area contributed by atoms with E-state index in [1.807, 2.05) is 24.3 Å². The second kappa shape index (κ2) is 4.49. The van der Waals surface area contributed by atoms with Gasteiger partial charge < -0.3 is 10.4 Å². The Labute approximate surface area is 102 Å². The molecule has 1 aliphatic rings. The molecule has 1 aliphatic heterocycles. The van der Waals surface area contributed by atoms with Crippen LogP contribution < -0.4 is 5.32 Å². The standard InChI is InChI=1S/C14H19NO2/c1-3-10(4-2)9-14(17)11-7-5-6-8-12(11)15-13(14)16/h5-8,10,17H,3-4,9H2,1-2H3,(H,15,16). The molecule has 0 aromatic heterocycles. The molecule has 2 N–H and O–H groups in total. The Morgan fingerprint density at radius 1 is 1.29 bits per heavy atom. The van der Waals surface area contributed by atoms with Crippen molar-refractivity contribution in [2.24, 2.45) is 5.92 Å². The number of hydrogen-bond donors (Lipinski definition) is 2. The molecule has 17 heavy (non-hydrogen) atoms. The number of aliphatic hydroxyl groups is 1. The quantitative estimate of drug-likeness (QED) is 0.840. The summed E-state index contributed by atoms with van der Waals surface area (Å²) in [5.74, 6) is 0.0857.